The molecule has 1 amide bonds. The Morgan fingerprint density at radius 1 is 1.08 bits per heavy atom. The molecule has 1 aliphatic heterocycles. The van der Waals surface area contributed by atoms with Crippen molar-refractivity contribution in [2.24, 2.45) is 5.92 Å². The average Bonchev–Trinajstić information content (AvgIpc) is 3.53. The Bertz CT molecular complexity index is 1150. The maximum absolute atomic E-state index is 13.2. The molecule has 2 N–H and O–H groups in total. The molecule has 2 heterocycles. The molecule has 2 fully saturated rings. The van der Waals surface area contributed by atoms with Crippen molar-refractivity contribution in [3.63, 3.8) is 0 Å². The number of hydrogen-bond acceptors (Lipinski definition) is 5. The lowest BCUT2D eigenvalue weighted by molar-refractivity contribution is -0.121. The summed E-state index contributed by atoms with van der Waals surface area (Å²) in [4.78, 5) is 20.1. The molecule has 2 aliphatic rings. The first-order chi connectivity index (χ1) is 17.6. The number of benzene rings is 2. The van der Waals surface area contributed by atoms with Gasteiger partial charge in [0, 0.05) is 49.2 Å². The van der Waals surface area contributed by atoms with Crippen LogP contribution in [-0.2, 0) is 11.3 Å². The molecular weight excluding hydrogens is 450 g/mol. The van der Waals surface area contributed by atoms with E-state index in [2.05, 4.69) is 32.7 Å². The summed E-state index contributed by atoms with van der Waals surface area (Å²) in [7, 11) is 2.03. The van der Waals surface area contributed by atoms with Crippen molar-refractivity contribution in [1.82, 2.24) is 19.8 Å². The molecule has 3 aromatic rings. The van der Waals surface area contributed by atoms with Crippen LogP contribution in [0.4, 0.5) is 5.69 Å². The van der Waals surface area contributed by atoms with Crippen molar-refractivity contribution in [1.29, 1.82) is 0 Å². The molecule has 36 heavy (non-hydrogen) atoms. The van der Waals surface area contributed by atoms with Gasteiger partial charge in [0.2, 0.25) is 5.91 Å². The van der Waals surface area contributed by atoms with Crippen molar-refractivity contribution < 1.29 is 9.53 Å². The number of hydrogen-bond donors (Lipinski definition) is 2. The highest BCUT2D eigenvalue weighted by molar-refractivity contribution is 5.93. The highest BCUT2D eigenvalue weighted by Gasteiger charge is 2.28. The van der Waals surface area contributed by atoms with Crippen LogP contribution in [0.2, 0.25) is 0 Å². The fourth-order valence-corrected chi connectivity index (χ4v) is 5.40. The van der Waals surface area contributed by atoms with Gasteiger partial charge in [-0.2, -0.15) is 0 Å². The lowest BCUT2D eigenvalue weighted by Gasteiger charge is -2.28. The first kappa shape index (κ1) is 24.5. The van der Waals surface area contributed by atoms with Crippen LogP contribution in [0.3, 0.4) is 0 Å². The number of carbonyl (C=O) groups is 1. The number of amides is 1. The van der Waals surface area contributed by atoms with E-state index in [9.17, 15) is 4.79 Å². The minimum atomic E-state index is 0.0122. The second kappa shape index (κ2) is 11.3. The zero-order valence-corrected chi connectivity index (χ0v) is 21.3. The van der Waals surface area contributed by atoms with Gasteiger partial charge in [-0.15, -0.1) is 0 Å². The fraction of sp³-hybridized carbons (Fsp3) is 0.448. The molecule has 190 valence electrons. The van der Waals surface area contributed by atoms with Crippen molar-refractivity contribution in [3.8, 4) is 11.4 Å². The number of ether oxygens (including phenoxy) is 1. The number of para-hydroxylation sites is 1. The number of aryl methyl sites for hydroxylation is 1. The Labute approximate surface area is 213 Å². The van der Waals surface area contributed by atoms with Crippen molar-refractivity contribution >= 4 is 11.6 Å². The van der Waals surface area contributed by atoms with Gasteiger partial charge in [0.05, 0.1) is 18.1 Å². The van der Waals surface area contributed by atoms with Crippen molar-refractivity contribution in [3.05, 3.63) is 72.3 Å². The van der Waals surface area contributed by atoms with E-state index in [0.29, 0.717) is 6.04 Å². The van der Waals surface area contributed by atoms with Gasteiger partial charge in [-0.25, -0.2) is 4.98 Å². The summed E-state index contributed by atoms with van der Waals surface area (Å²) < 4.78 is 8.14. The van der Waals surface area contributed by atoms with E-state index >= 15 is 0 Å². The number of anilines is 1. The van der Waals surface area contributed by atoms with Gasteiger partial charge in [0.25, 0.3) is 0 Å². The van der Waals surface area contributed by atoms with E-state index in [4.69, 9.17) is 4.74 Å². The van der Waals surface area contributed by atoms with E-state index in [-0.39, 0.29) is 17.9 Å². The first-order valence-electron chi connectivity index (χ1n) is 13.1. The molecule has 7 nitrogen and oxygen atoms in total. The Kier molecular flexibility index (Phi) is 7.68. The molecule has 5 rings (SSSR count). The smallest absolute Gasteiger partial charge is 0.227 e. The van der Waals surface area contributed by atoms with E-state index in [0.717, 1.165) is 74.6 Å². The summed E-state index contributed by atoms with van der Waals surface area (Å²) in [5.74, 6) is 1.02. The van der Waals surface area contributed by atoms with Crippen LogP contribution in [-0.4, -0.2) is 52.6 Å². The largest absolute Gasteiger partial charge is 0.490 e. The molecular formula is C29H37N5O2. The zero-order chi connectivity index (χ0) is 24.9. The standard InChI is InChI=1S/C29H37N5O2/c1-21-17-34(20-31-21)26-15-22(18-33-13-12-24(19-33)30-2)14-25(16-26)32-29(35)23-8-10-28(11-9-23)36-27-6-4-3-5-7-27/h3-7,14-17,20,23-24,28,30H,8-13,18-19H2,1-2H3,(H,32,35). The minimum absolute atomic E-state index is 0.0122. The molecule has 1 aromatic heterocycles. The topological polar surface area (TPSA) is 71.4 Å². The molecule has 2 aromatic carbocycles. The Morgan fingerprint density at radius 2 is 1.89 bits per heavy atom. The van der Waals surface area contributed by atoms with Gasteiger partial charge in [-0.1, -0.05) is 18.2 Å². The first-order valence-corrected chi connectivity index (χ1v) is 13.1. The van der Waals surface area contributed by atoms with E-state index in [1.165, 1.54) is 5.56 Å². The maximum Gasteiger partial charge on any atom is 0.227 e. The van der Waals surface area contributed by atoms with Gasteiger partial charge in [0.1, 0.15) is 5.75 Å². The molecule has 1 saturated carbocycles. The second-order valence-electron chi connectivity index (χ2n) is 10.2. The van der Waals surface area contributed by atoms with Crippen molar-refractivity contribution in [2.45, 2.75) is 57.7 Å². The number of nitrogens with one attached hydrogen (secondary N) is 2. The summed E-state index contributed by atoms with van der Waals surface area (Å²) in [5, 5.41) is 6.62. The highest BCUT2D eigenvalue weighted by Crippen LogP contribution is 2.29. The van der Waals surface area contributed by atoms with Crippen LogP contribution in [0, 0.1) is 12.8 Å². The van der Waals surface area contributed by atoms with Crippen LogP contribution in [0.25, 0.3) is 5.69 Å². The molecule has 1 atom stereocenters. The molecule has 7 heteroatoms. The zero-order valence-electron chi connectivity index (χ0n) is 21.3. The number of imidazole rings is 1. The van der Waals surface area contributed by atoms with E-state index in [1.807, 2.05) is 67.5 Å². The lowest BCUT2D eigenvalue weighted by Crippen LogP contribution is -2.31. The van der Waals surface area contributed by atoms with Gasteiger partial charge < -0.3 is 19.9 Å². The molecule has 1 saturated heterocycles. The third-order valence-electron chi connectivity index (χ3n) is 7.43. The Morgan fingerprint density at radius 3 is 2.58 bits per heavy atom. The summed E-state index contributed by atoms with van der Waals surface area (Å²) >= 11 is 0. The Balaban J connectivity index is 1.25. The third-order valence-corrected chi connectivity index (χ3v) is 7.43. The van der Waals surface area contributed by atoms with Gasteiger partial charge in [-0.05, 0) is 82.0 Å². The number of nitrogens with zero attached hydrogens (tertiary/aromatic N) is 3. The number of likely N-dealkylation sites (N-methyl/N-ethyl adjacent to an activating group) is 1. The molecule has 0 radical (unpaired) electrons. The summed E-state index contributed by atoms with van der Waals surface area (Å²) in [5.41, 5.74) is 4.04. The number of carbonyl (C=O) groups excluding carboxylic acids is 1. The average molecular weight is 488 g/mol. The van der Waals surface area contributed by atoms with Gasteiger partial charge >= 0.3 is 0 Å². The third kappa shape index (κ3) is 6.15. The van der Waals surface area contributed by atoms with Crippen LogP contribution >= 0.6 is 0 Å². The van der Waals surface area contributed by atoms with Crippen LogP contribution in [0.1, 0.15) is 43.4 Å². The van der Waals surface area contributed by atoms with Gasteiger partial charge in [0.15, 0.2) is 0 Å². The predicted molar refractivity (Wildman–Crippen MR) is 142 cm³/mol. The minimum Gasteiger partial charge on any atom is -0.490 e. The summed E-state index contributed by atoms with van der Waals surface area (Å²) in [6, 6.07) is 16.9. The monoisotopic (exact) mass is 487 g/mol. The van der Waals surface area contributed by atoms with Crippen LogP contribution in [0.15, 0.2) is 61.1 Å². The number of rotatable bonds is 8. The lowest BCUT2D eigenvalue weighted by atomic mass is 9.86. The van der Waals surface area contributed by atoms with E-state index < -0.39 is 0 Å². The van der Waals surface area contributed by atoms with Gasteiger partial charge in [-0.3, -0.25) is 9.69 Å². The molecule has 0 spiro atoms. The highest BCUT2D eigenvalue weighted by atomic mass is 16.5. The van der Waals surface area contributed by atoms with Crippen LogP contribution < -0.4 is 15.4 Å². The maximum atomic E-state index is 13.2. The molecule has 0 bridgehead atoms. The summed E-state index contributed by atoms with van der Waals surface area (Å²) in [6.07, 6.45) is 8.68. The normalized spacial score (nSPS) is 22.4. The Hall–Kier alpha value is -3.16. The van der Waals surface area contributed by atoms with Crippen molar-refractivity contribution in [2.75, 3.05) is 25.5 Å². The quantitative estimate of drug-likeness (QED) is 0.488. The SMILES string of the molecule is CNC1CCN(Cc2cc(NC(=O)C3CCC(Oc4ccccc4)CC3)cc(-n3cnc(C)c3)c2)C1. The summed E-state index contributed by atoms with van der Waals surface area (Å²) in [6.45, 7) is 4.98. The van der Waals surface area contributed by atoms with E-state index in [1.54, 1.807) is 0 Å². The van der Waals surface area contributed by atoms with Crippen LogP contribution in [0.5, 0.6) is 5.75 Å². The molecule has 1 aliphatic carbocycles. The number of likely N-dealkylation sites (tertiary alicyclic amines) is 1. The number of aromatic nitrogens is 2. The second-order valence-corrected chi connectivity index (χ2v) is 10.2. The predicted octanol–water partition coefficient (Wildman–Crippen LogP) is 4.55. The fourth-order valence-electron chi connectivity index (χ4n) is 5.40. The molecule has 1 unspecified atom stereocenters.